The minimum absolute atomic E-state index is 0.0151. The lowest BCUT2D eigenvalue weighted by atomic mass is 10.2. The molecule has 4 rings (SSSR count). The number of halogens is 1. The van der Waals surface area contributed by atoms with Crippen molar-refractivity contribution in [2.75, 3.05) is 18.4 Å². The zero-order valence-electron chi connectivity index (χ0n) is 15.7. The van der Waals surface area contributed by atoms with Gasteiger partial charge in [-0.15, -0.1) is 11.3 Å². The number of phenols is 1. The molecule has 1 saturated heterocycles. The lowest BCUT2D eigenvalue weighted by Crippen LogP contribution is -2.28. The number of aromatic nitrogens is 1. The van der Waals surface area contributed by atoms with Crippen molar-refractivity contribution in [2.24, 2.45) is 0 Å². The van der Waals surface area contributed by atoms with Crippen LogP contribution in [-0.2, 0) is 10.0 Å². The van der Waals surface area contributed by atoms with E-state index in [1.807, 2.05) is 0 Å². The Morgan fingerprint density at radius 1 is 1.13 bits per heavy atom. The first-order chi connectivity index (χ1) is 14.3. The van der Waals surface area contributed by atoms with Crippen LogP contribution in [0.1, 0.15) is 23.3 Å². The fourth-order valence-corrected chi connectivity index (χ4v) is 5.62. The van der Waals surface area contributed by atoms with E-state index in [2.05, 4.69) is 10.3 Å². The molecule has 1 aromatic heterocycles. The van der Waals surface area contributed by atoms with Crippen molar-refractivity contribution in [1.29, 1.82) is 0 Å². The highest BCUT2D eigenvalue weighted by atomic mass is 35.5. The summed E-state index contributed by atoms with van der Waals surface area (Å²) in [7, 11) is -3.67. The summed E-state index contributed by atoms with van der Waals surface area (Å²) >= 11 is 7.19. The predicted octanol–water partition coefficient (Wildman–Crippen LogP) is 4.21. The Kier molecular flexibility index (Phi) is 5.79. The first-order valence-corrected chi connectivity index (χ1v) is 11.9. The molecule has 30 heavy (non-hydrogen) atoms. The fourth-order valence-electron chi connectivity index (χ4n) is 3.14. The molecule has 0 spiro atoms. The second-order valence-electron chi connectivity index (χ2n) is 6.79. The number of amides is 1. The zero-order chi connectivity index (χ0) is 21.3. The molecular formula is C20H18ClN3O4S2. The molecule has 2 aromatic carbocycles. The first-order valence-electron chi connectivity index (χ1n) is 9.20. The highest BCUT2D eigenvalue weighted by molar-refractivity contribution is 7.89. The predicted molar refractivity (Wildman–Crippen MR) is 117 cm³/mol. The van der Waals surface area contributed by atoms with E-state index in [1.54, 1.807) is 29.6 Å². The first kappa shape index (κ1) is 20.8. The Morgan fingerprint density at radius 2 is 1.83 bits per heavy atom. The van der Waals surface area contributed by atoms with Crippen molar-refractivity contribution in [2.45, 2.75) is 17.7 Å². The molecule has 0 aliphatic carbocycles. The summed E-state index contributed by atoms with van der Waals surface area (Å²) in [5, 5.41) is 15.5. The Morgan fingerprint density at radius 3 is 2.53 bits per heavy atom. The molecular weight excluding hydrogens is 446 g/mol. The van der Waals surface area contributed by atoms with Crippen LogP contribution in [0.4, 0.5) is 5.69 Å². The van der Waals surface area contributed by atoms with Gasteiger partial charge < -0.3 is 10.4 Å². The standard InChI is InChI=1S/C20H18ClN3O4S2/c21-14-5-3-13(4-6-14)20-23-17(12-29-20)19(26)22-16-11-15(7-8-18(16)25)30(27,28)24-9-1-2-10-24/h3-8,11-12,25H,1-2,9-10H2,(H,22,26). The number of anilines is 1. The third-order valence-electron chi connectivity index (χ3n) is 4.75. The van der Waals surface area contributed by atoms with Crippen LogP contribution in [0.5, 0.6) is 5.75 Å². The van der Waals surface area contributed by atoms with Gasteiger partial charge in [0.05, 0.1) is 10.6 Å². The summed E-state index contributed by atoms with van der Waals surface area (Å²) in [5.41, 5.74) is 1.00. The molecule has 0 unspecified atom stereocenters. The summed E-state index contributed by atoms with van der Waals surface area (Å²) in [6, 6.07) is 11.0. The van der Waals surface area contributed by atoms with Gasteiger partial charge in [-0.25, -0.2) is 13.4 Å². The third-order valence-corrected chi connectivity index (χ3v) is 7.78. The summed E-state index contributed by atoms with van der Waals surface area (Å²) in [4.78, 5) is 17.0. The van der Waals surface area contributed by atoms with Crippen molar-refractivity contribution in [3.05, 3.63) is 58.6 Å². The van der Waals surface area contributed by atoms with Crippen LogP contribution in [0.2, 0.25) is 5.02 Å². The van der Waals surface area contributed by atoms with E-state index in [4.69, 9.17) is 11.6 Å². The Labute approximate surface area is 183 Å². The number of thiazole rings is 1. The van der Waals surface area contributed by atoms with Gasteiger partial charge in [0.25, 0.3) is 5.91 Å². The minimum Gasteiger partial charge on any atom is -0.506 e. The van der Waals surface area contributed by atoms with Crippen molar-refractivity contribution >= 4 is 44.6 Å². The Balaban J connectivity index is 1.55. The van der Waals surface area contributed by atoms with E-state index in [0.29, 0.717) is 23.1 Å². The lowest BCUT2D eigenvalue weighted by molar-refractivity contribution is 0.102. The zero-order valence-corrected chi connectivity index (χ0v) is 18.1. The van der Waals surface area contributed by atoms with Crippen LogP contribution >= 0.6 is 22.9 Å². The van der Waals surface area contributed by atoms with Crippen LogP contribution in [0.15, 0.2) is 52.7 Å². The van der Waals surface area contributed by atoms with Crippen LogP contribution in [-0.4, -0.2) is 41.8 Å². The van der Waals surface area contributed by atoms with E-state index in [0.717, 1.165) is 18.4 Å². The molecule has 0 radical (unpaired) electrons. The quantitative estimate of drug-likeness (QED) is 0.552. The molecule has 1 aliphatic rings. The average Bonchev–Trinajstić information content (AvgIpc) is 3.43. The molecule has 1 aliphatic heterocycles. The average molecular weight is 464 g/mol. The number of nitrogens with zero attached hydrogens (tertiary/aromatic N) is 2. The van der Waals surface area contributed by atoms with Gasteiger partial charge in [0.15, 0.2) is 0 Å². The van der Waals surface area contributed by atoms with Crippen molar-refractivity contribution in [1.82, 2.24) is 9.29 Å². The maximum atomic E-state index is 12.7. The highest BCUT2D eigenvalue weighted by Gasteiger charge is 2.28. The molecule has 156 valence electrons. The number of benzene rings is 2. The van der Waals surface area contributed by atoms with E-state index in [1.165, 1.54) is 33.8 Å². The van der Waals surface area contributed by atoms with Crippen LogP contribution < -0.4 is 5.32 Å². The molecule has 1 amide bonds. The van der Waals surface area contributed by atoms with E-state index < -0.39 is 15.9 Å². The number of nitrogens with one attached hydrogen (secondary N) is 1. The second kappa shape index (κ2) is 8.35. The monoisotopic (exact) mass is 463 g/mol. The molecule has 0 bridgehead atoms. The molecule has 2 N–H and O–H groups in total. The smallest absolute Gasteiger partial charge is 0.275 e. The van der Waals surface area contributed by atoms with Crippen molar-refractivity contribution in [3.8, 4) is 16.3 Å². The number of carbonyl (C=O) groups is 1. The molecule has 3 aromatic rings. The van der Waals surface area contributed by atoms with Crippen molar-refractivity contribution < 1.29 is 18.3 Å². The van der Waals surface area contributed by atoms with Gasteiger partial charge in [-0.05, 0) is 43.2 Å². The second-order valence-corrected chi connectivity index (χ2v) is 10.0. The normalized spacial score (nSPS) is 14.7. The third kappa shape index (κ3) is 4.20. The maximum absolute atomic E-state index is 12.7. The fraction of sp³-hybridized carbons (Fsp3) is 0.200. The van der Waals surface area contributed by atoms with Crippen LogP contribution in [0.3, 0.4) is 0 Å². The molecule has 0 atom stereocenters. The summed E-state index contributed by atoms with van der Waals surface area (Å²) in [6.07, 6.45) is 1.64. The number of hydrogen-bond donors (Lipinski definition) is 2. The number of hydrogen-bond acceptors (Lipinski definition) is 6. The van der Waals surface area contributed by atoms with E-state index in [9.17, 15) is 18.3 Å². The van der Waals surface area contributed by atoms with Gasteiger partial charge in [-0.1, -0.05) is 23.7 Å². The van der Waals surface area contributed by atoms with Gasteiger partial charge in [0.2, 0.25) is 10.0 Å². The number of aromatic hydroxyl groups is 1. The van der Waals surface area contributed by atoms with Crippen LogP contribution in [0, 0.1) is 0 Å². The Bertz CT molecular complexity index is 1190. The van der Waals surface area contributed by atoms with Gasteiger partial charge >= 0.3 is 0 Å². The summed E-state index contributed by atoms with van der Waals surface area (Å²) < 4.78 is 26.9. The van der Waals surface area contributed by atoms with Crippen molar-refractivity contribution in [3.63, 3.8) is 0 Å². The summed E-state index contributed by atoms with van der Waals surface area (Å²) in [5.74, 6) is -0.769. The molecule has 10 heteroatoms. The van der Waals surface area contributed by atoms with Crippen LogP contribution in [0.25, 0.3) is 10.6 Å². The number of phenolic OH excluding ortho intramolecular Hbond substituents is 1. The largest absolute Gasteiger partial charge is 0.506 e. The maximum Gasteiger partial charge on any atom is 0.275 e. The molecule has 0 saturated carbocycles. The van der Waals surface area contributed by atoms with Gasteiger partial charge in [0, 0.05) is 29.1 Å². The van der Waals surface area contributed by atoms with E-state index >= 15 is 0 Å². The minimum atomic E-state index is -3.67. The Hall–Kier alpha value is -2.46. The number of rotatable bonds is 5. The SMILES string of the molecule is O=C(Nc1cc(S(=O)(=O)N2CCCC2)ccc1O)c1csc(-c2ccc(Cl)cc2)n1. The molecule has 1 fully saturated rings. The summed E-state index contributed by atoms with van der Waals surface area (Å²) in [6.45, 7) is 0.939. The number of carbonyl (C=O) groups excluding carboxylic acids is 1. The lowest BCUT2D eigenvalue weighted by Gasteiger charge is -2.16. The highest BCUT2D eigenvalue weighted by Crippen LogP contribution is 2.30. The van der Waals surface area contributed by atoms with E-state index in [-0.39, 0.29) is 22.0 Å². The molecule has 7 nitrogen and oxygen atoms in total. The van der Waals surface area contributed by atoms with Gasteiger partial charge in [0.1, 0.15) is 16.5 Å². The van der Waals surface area contributed by atoms with Gasteiger partial charge in [-0.3, -0.25) is 4.79 Å². The molecule has 2 heterocycles. The van der Waals surface area contributed by atoms with Gasteiger partial charge in [-0.2, -0.15) is 4.31 Å². The number of sulfonamides is 1. The topological polar surface area (TPSA) is 99.6 Å².